The number of H-pyrrole nitrogens is 1. The third-order valence-corrected chi connectivity index (χ3v) is 5.89. The zero-order valence-electron chi connectivity index (χ0n) is 16.4. The van der Waals surface area contributed by atoms with E-state index in [1.54, 1.807) is 11.5 Å². The highest BCUT2D eigenvalue weighted by atomic mass is 16.1. The topological polar surface area (TPSA) is 120 Å². The monoisotopic (exact) mass is 392 g/mol. The number of imidazole rings is 1. The molecule has 0 aliphatic heterocycles. The van der Waals surface area contributed by atoms with Crippen LogP contribution in [0.5, 0.6) is 0 Å². The van der Waals surface area contributed by atoms with Crippen molar-refractivity contribution in [1.82, 2.24) is 34.5 Å². The predicted octanol–water partition coefficient (Wildman–Crippen LogP) is 2.38. The maximum atomic E-state index is 12.4. The van der Waals surface area contributed by atoms with Gasteiger partial charge >= 0.3 is 5.69 Å². The lowest BCUT2D eigenvalue weighted by Crippen LogP contribution is -2.17. The summed E-state index contributed by atoms with van der Waals surface area (Å²) in [6.45, 7) is 3.02. The second-order valence-electron chi connectivity index (χ2n) is 7.95. The van der Waals surface area contributed by atoms with Crippen molar-refractivity contribution in [2.24, 2.45) is 5.92 Å². The quantitative estimate of drug-likeness (QED) is 0.520. The molecule has 4 aromatic rings. The van der Waals surface area contributed by atoms with Crippen LogP contribution in [0.4, 0.5) is 5.82 Å². The van der Waals surface area contributed by atoms with Gasteiger partial charge in [0.25, 0.3) is 0 Å². The number of nitrogens with zero attached hydrogens (tertiary/aromatic N) is 6. The first-order chi connectivity index (χ1) is 14.1. The largest absolute Gasteiger partial charge is 0.382 e. The Morgan fingerprint density at radius 3 is 2.93 bits per heavy atom. The van der Waals surface area contributed by atoms with Crippen LogP contribution in [0.15, 0.2) is 23.0 Å². The van der Waals surface area contributed by atoms with Crippen LogP contribution in [0.3, 0.4) is 0 Å². The standard InChI is InChI=1S/C20H24N8O/c1-12-22-18(21)17-19(23-12)27(20(29)24-17)11-14-7-8-16-15(10-14)25-26-28(16)9-3-6-13-4-2-5-13/h7-8,10,13H,2-6,9,11H2,1H3,(H,24,29)(H2,21,22,23). The van der Waals surface area contributed by atoms with Crippen molar-refractivity contribution in [3.8, 4) is 0 Å². The average Bonchev–Trinajstić information content (AvgIpc) is 3.19. The molecule has 150 valence electrons. The molecule has 3 heterocycles. The number of nitrogens with one attached hydrogen (secondary N) is 1. The summed E-state index contributed by atoms with van der Waals surface area (Å²) in [6, 6.07) is 6.02. The Hall–Kier alpha value is -3.23. The molecule has 1 aliphatic carbocycles. The van der Waals surface area contributed by atoms with Gasteiger partial charge in [0.1, 0.15) is 16.9 Å². The number of anilines is 1. The van der Waals surface area contributed by atoms with E-state index in [0.717, 1.165) is 35.5 Å². The summed E-state index contributed by atoms with van der Waals surface area (Å²) in [6.07, 6.45) is 6.55. The Balaban J connectivity index is 1.39. The Morgan fingerprint density at radius 2 is 2.14 bits per heavy atom. The van der Waals surface area contributed by atoms with Gasteiger partial charge in [0, 0.05) is 6.54 Å². The lowest BCUT2D eigenvalue weighted by Gasteiger charge is -2.24. The van der Waals surface area contributed by atoms with Gasteiger partial charge in [-0.1, -0.05) is 30.5 Å². The molecule has 0 unspecified atom stereocenters. The molecule has 5 rings (SSSR count). The lowest BCUT2D eigenvalue weighted by atomic mass is 9.82. The molecule has 1 aromatic carbocycles. The molecule has 9 heteroatoms. The van der Waals surface area contributed by atoms with Gasteiger partial charge in [0.05, 0.1) is 12.1 Å². The van der Waals surface area contributed by atoms with E-state index in [9.17, 15) is 4.79 Å². The van der Waals surface area contributed by atoms with Gasteiger partial charge < -0.3 is 10.7 Å². The lowest BCUT2D eigenvalue weighted by molar-refractivity contribution is 0.283. The van der Waals surface area contributed by atoms with Crippen molar-refractivity contribution < 1.29 is 0 Å². The van der Waals surface area contributed by atoms with Crippen LogP contribution in [0, 0.1) is 12.8 Å². The number of fused-ring (bicyclic) bond motifs is 2. The van der Waals surface area contributed by atoms with Gasteiger partial charge in [0.2, 0.25) is 0 Å². The number of aromatic nitrogens is 7. The zero-order valence-corrected chi connectivity index (χ0v) is 16.4. The highest BCUT2D eigenvalue weighted by Crippen LogP contribution is 2.30. The summed E-state index contributed by atoms with van der Waals surface area (Å²) < 4.78 is 3.55. The number of aromatic amines is 1. The van der Waals surface area contributed by atoms with Gasteiger partial charge in [-0.3, -0.25) is 4.57 Å². The molecule has 29 heavy (non-hydrogen) atoms. The SMILES string of the molecule is Cc1nc(N)c2[nH]c(=O)n(Cc3ccc4c(c3)nnn4CCCC3CCC3)c2n1. The van der Waals surface area contributed by atoms with Gasteiger partial charge in [-0.2, -0.15) is 0 Å². The van der Waals surface area contributed by atoms with E-state index >= 15 is 0 Å². The van der Waals surface area contributed by atoms with E-state index < -0.39 is 0 Å². The Bertz CT molecular complexity index is 1250. The molecule has 0 spiro atoms. The summed E-state index contributed by atoms with van der Waals surface area (Å²) >= 11 is 0. The number of rotatable bonds is 6. The van der Waals surface area contributed by atoms with Crippen molar-refractivity contribution in [1.29, 1.82) is 0 Å². The highest BCUT2D eigenvalue weighted by Gasteiger charge is 2.17. The molecule has 3 aromatic heterocycles. The molecule has 9 nitrogen and oxygen atoms in total. The molecular formula is C20H24N8O. The van der Waals surface area contributed by atoms with Gasteiger partial charge in [-0.25, -0.2) is 19.4 Å². The molecule has 3 N–H and O–H groups in total. The fourth-order valence-corrected chi connectivity index (χ4v) is 4.09. The molecule has 1 saturated carbocycles. The van der Waals surface area contributed by atoms with E-state index in [1.807, 2.05) is 22.9 Å². The molecular weight excluding hydrogens is 368 g/mol. The summed E-state index contributed by atoms with van der Waals surface area (Å²) in [4.78, 5) is 23.7. The first-order valence-electron chi connectivity index (χ1n) is 10.1. The minimum absolute atomic E-state index is 0.258. The van der Waals surface area contributed by atoms with Crippen molar-refractivity contribution in [3.63, 3.8) is 0 Å². The molecule has 0 saturated heterocycles. The van der Waals surface area contributed by atoms with Crippen LogP contribution in [0.25, 0.3) is 22.2 Å². The van der Waals surface area contributed by atoms with E-state index in [2.05, 4.69) is 25.3 Å². The molecule has 0 bridgehead atoms. The number of nitrogen functional groups attached to an aromatic ring is 1. The zero-order chi connectivity index (χ0) is 20.0. The van der Waals surface area contributed by atoms with E-state index in [0.29, 0.717) is 23.5 Å². The van der Waals surface area contributed by atoms with E-state index in [4.69, 9.17) is 5.73 Å². The molecule has 0 amide bonds. The first kappa shape index (κ1) is 17.8. The molecule has 1 aliphatic rings. The third-order valence-electron chi connectivity index (χ3n) is 5.89. The number of benzene rings is 1. The molecule has 1 fully saturated rings. The minimum atomic E-state index is -0.258. The summed E-state index contributed by atoms with van der Waals surface area (Å²) in [5, 5.41) is 8.65. The second-order valence-corrected chi connectivity index (χ2v) is 7.95. The number of hydrogen-bond acceptors (Lipinski definition) is 6. The second kappa shape index (κ2) is 6.98. The Kier molecular flexibility index (Phi) is 4.30. The average molecular weight is 392 g/mol. The Morgan fingerprint density at radius 1 is 1.28 bits per heavy atom. The van der Waals surface area contributed by atoms with Crippen LogP contribution < -0.4 is 11.4 Å². The van der Waals surface area contributed by atoms with Crippen molar-refractivity contribution in [3.05, 3.63) is 40.1 Å². The number of nitrogens with two attached hydrogens (primary N) is 1. The predicted molar refractivity (Wildman–Crippen MR) is 111 cm³/mol. The maximum Gasteiger partial charge on any atom is 0.328 e. The van der Waals surface area contributed by atoms with Crippen LogP contribution in [0.1, 0.15) is 43.5 Å². The molecule has 0 atom stereocenters. The van der Waals surface area contributed by atoms with Crippen molar-refractivity contribution in [2.45, 2.75) is 52.1 Å². The normalized spacial score (nSPS) is 14.7. The van der Waals surface area contributed by atoms with Gasteiger partial charge in [-0.15, -0.1) is 5.10 Å². The smallest absolute Gasteiger partial charge is 0.328 e. The number of aryl methyl sites for hydroxylation is 2. The fourth-order valence-electron chi connectivity index (χ4n) is 4.09. The van der Waals surface area contributed by atoms with Crippen molar-refractivity contribution in [2.75, 3.05) is 5.73 Å². The fraction of sp³-hybridized carbons (Fsp3) is 0.450. The van der Waals surface area contributed by atoms with Crippen LogP contribution >= 0.6 is 0 Å². The highest BCUT2D eigenvalue weighted by molar-refractivity contribution is 5.81. The Labute approximate surface area is 167 Å². The van der Waals surface area contributed by atoms with Crippen molar-refractivity contribution >= 4 is 28.0 Å². The van der Waals surface area contributed by atoms with E-state index in [1.165, 1.54) is 25.7 Å². The van der Waals surface area contributed by atoms with Gasteiger partial charge in [-0.05, 0) is 43.4 Å². The van der Waals surface area contributed by atoms with Gasteiger partial charge in [0.15, 0.2) is 11.5 Å². The minimum Gasteiger partial charge on any atom is -0.382 e. The number of hydrogen-bond donors (Lipinski definition) is 2. The first-order valence-corrected chi connectivity index (χ1v) is 10.1. The van der Waals surface area contributed by atoms with Crippen LogP contribution in [0.2, 0.25) is 0 Å². The maximum absolute atomic E-state index is 12.4. The molecule has 0 radical (unpaired) electrons. The van der Waals surface area contributed by atoms with Crippen LogP contribution in [-0.4, -0.2) is 34.5 Å². The summed E-state index contributed by atoms with van der Waals surface area (Å²) in [5.74, 6) is 1.72. The summed E-state index contributed by atoms with van der Waals surface area (Å²) in [7, 11) is 0. The van der Waals surface area contributed by atoms with Crippen LogP contribution in [-0.2, 0) is 13.1 Å². The van der Waals surface area contributed by atoms with E-state index in [-0.39, 0.29) is 11.5 Å². The third kappa shape index (κ3) is 3.26. The summed E-state index contributed by atoms with van der Waals surface area (Å²) in [5.41, 5.74) is 9.47.